The maximum absolute atomic E-state index is 12.7. The third-order valence-electron chi connectivity index (χ3n) is 5.21. The number of rotatable bonds is 7. The highest BCUT2D eigenvalue weighted by Gasteiger charge is 2.19. The molecule has 0 bridgehead atoms. The third-order valence-corrected chi connectivity index (χ3v) is 6.47. The molecule has 1 aromatic carbocycles. The van der Waals surface area contributed by atoms with Crippen molar-refractivity contribution in [3.63, 3.8) is 0 Å². The number of pyridine rings is 1. The van der Waals surface area contributed by atoms with E-state index >= 15 is 0 Å². The van der Waals surface area contributed by atoms with E-state index in [2.05, 4.69) is 16.4 Å². The molecule has 0 saturated carbocycles. The number of ether oxygens (including phenoxy) is 2. The molecule has 3 heterocycles. The minimum atomic E-state index is -0.106. The number of nitrogens with one attached hydrogen (secondary N) is 2. The van der Waals surface area contributed by atoms with Crippen LogP contribution in [0.25, 0.3) is 10.9 Å². The summed E-state index contributed by atoms with van der Waals surface area (Å²) in [7, 11) is 1.63. The van der Waals surface area contributed by atoms with E-state index in [0.29, 0.717) is 30.3 Å². The van der Waals surface area contributed by atoms with Crippen molar-refractivity contribution in [3.8, 4) is 5.75 Å². The van der Waals surface area contributed by atoms with E-state index in [1.165, 1.54) is 4.88 Å². The molecule has 1 aliphatic rings. The lowest BCUT2D eigenvalue weighted by Gasteiger charge is -2.26. The van der Waals surface area contributed by atoms with Crippen LogP contribution in [0.1, 0.15) is 23.3 Å². The Labute approximate surface area is 184 Å². The van der Waals surface area contributed by atoms with E-state index in [1.807, 2.05) is 40.6 Å². The molecular formula is C22H25N3O3S2. The Hall–Kier alpha value is -2.42. The maximum Gasteiger partial charge on any atom is 0.253 e. The van der Waals surface area contributed by atoms with Gasteiger partial charge in [0.15, 0.2) is 5.11 Å². The van der Waals surface area contributed by atoms with Crippen LogP contribution in [0.2, 0.25) is 0 Å². The summed E-state index contributed by atoms with van der Waals surface area (Å²) in [6.45, 7) is 2.56. The summed E-state index contributed by atoms with van der Waals surface area (Å²) < 4.78 is 11.0. The second-order valence-electron chi connectivity index (χ2n) is 7.33. The van der Waals surface area contributed by atoms with Crippen LogP contribution in [-0.2, 0) is 17.8 Å². The Bertz CT molecular complexity index is 1060. The SMILES string of the molecule is COc1ccc2[nH]c(=O)c(CN(Cc3cccs3)C(=S)NC[C@H]3CCCO3)cc2c1. The van der Waals surface area contributed by atoms with E-state index in [9.17, 15) is 4.79 Å². The fourth-order valence-corrected chi connectivity index (χ4v) is 4.52. The van der Waals surface area contributed by atoms with Gasteiger partial charge in [0.1, 0.15) is 5.75 Å². The van der Waals surface area contributed by atoms with Gasteiger partial charge >= 0.3 is 0 Å². The highest BCUT2D eigenvalue weighted by atomic mass is 32.1. The molecule has 158 valence electrons. The van der Waals surface area contributed by atoms with Gasteiger partial charge in [-0.15, -0.1) is 11.3 Å². The Balaban J connectivity index is 1.56. The first kappa shape index (κ1) is 20.8. The van der Waals surface area contributed by atoms with Crippen LogP contribution in [0, 0.1) is 0 Å². The first-order chi connectivity index (χ1) is 14.6. The monoisotopic (exact) mass is 443 g/mol. The molecule has 8 heteroatoms. The van der Waals surface area contributed by atoms with Gasteiger partial charge in [0, 0.05) is 34.5 Å². The van der Waals surface area contributed by atoms with Gasteiger partial charge in [-0.2, -0.15) is 0 Å². The van der Waals surface area contributed by atoms with Crippen molar-refractivity contribution in [2.24, 2.45) is 0 Å². The number of thiophene rings is 1. The van der Waals surface area contributed by atoms with E-state index in [1.54, 1.807) is 18.4 Å². The molecule has 2 aromatic heterocycles. The summed E-state index contributed by atoms with van der Waals surface area (Å²) in [5.41, 5.74) is 1.34. The lowest BCUT2D eigenvalue weighted by Crippen LogP contribution is -2.42. The van der Waals surface area contributed by atoms with Crippen molar-refractivity contribution in [3.05, 3.63) is 62.6 Å². The molecule has 0 aliphatic carbocycles. The van der Waals surface area contributed by atoms with Crippen LogP contribution in [-0.4, -0.2) is 41.4 Å². The standard InChI is InChI=1S/C22H25N3O3S2/c1-27-17-6-7-20-15(11-17)10-16(21(26)24-20)13-25(14-19-5-3-9-30-19)22(29)23-12-18-4-2-8-28-18/h3,5-7,9-11,18H,2,4,8,12-14H2,1H3,(H,23,29)(H,24,26)/t18-/m1/s1. The summed E-state index contributed by atoms with van der Waals surface area (Å²) in [5.74, 6) is 0.754. The second-order valence-corrected chi connectivity index (χ2v) is 8.75. The number of benzene rings is 1. The van der Waals surface area contributed by atoms with Crippen molar-refractivity contribution in [1.82, 2.24) is 15.2 Å². The largest absolute Gasteiger partial charge is 0.497 e. The zero-order valence-electron chi connectivity index (χ0n) is 16.8. The molecule has 6 nitrogen and oxygen atoms in total. The molecule has 30 heavy (non-hydrogen) atoms. The minimum Gasteiger partial charge on any atom is -0.497 e. The number of hydrogen-bond acceptors (Lipinski definition) is 5. The van der Waals surface area contributed by atoms with Gasteiger partial charge in [-0.3, -0.25) is 4.79 Å². The van der Waals surface area contributed by atoms with Crippen molar-refractivity contribution in [2.75, 3.05) is 20.3 Å². The van der Waals surface area contributed by atoms with Crippen molar-refractivity contribution in [2.45, 2.75) is 32.0 Å². The first-order valence-corrected chi connectivity index (χ1v) is 11.3. The maximum atomic E-state index is 12.7. The molecule has 1 aliphatic heterocycles. The zero-order chi connectivity index (χ0) is 20.9. The molecule has 1 saturated heterocycles. The van der Waals surface area contributed by atoms with E-state index < -0.39 is 0 Å². The highest BCUT2D eigenvalue weighted by Crippen LogP contribution is 2.20. The summed E-state index contributed by atoms with van der Waals surface area (Å²) in [4.78, 5) is 18.9. The number of fused-ring (bicyclic) bond motifs is 1. The number of aromatic nitrogens is 1. The lowest BCUT2D eigenvalue weighted by molar-refractivity contribution is 0.113. The predicted octanol–water partition coefficient (Wildman–Crippen LogP) is 3.65. The third kappa shape index (κ3) is 5.00. The van der Waals surface area contributed by atoms with Gasteiger partial charge in [-0.05, 0) is 60.8 Å². The van der Waals surface area contributed by atoms with Crippen LogP contribution < -0.4 is 15.6 Å². The first-order valence-electron chi connectivity index (χ1n) is 9.99. The topological polar surface area (TPSA) is 66.6 Å². The second kappa shape index (κ2) is 9.59. The van der Waals surface area contributed by atoms with Gasteiger partial charge in [0.2, 0.25) is 0 Å². The smallest absolute Gasteiger partial charge is 0.253 e. The van der Waals surface area contributed by atoms with Crippen LogP contribution in [0.15, 0.2) is 46.6 Å². The van der Waals surface area contributed by atoms with Gasteiger partial charge in [-0.1, -0.05) is 6.07 Å². The number of aromatic amines is 1. The molecule has 0 radical (unpaired) electrons. The normalized spacial score (nSPS) is 16.0. The molecule has 0 unspecified atom stereocenters. The summed E-state index contributed by atoms with van der Waals surface area (Å²) in [6.07, 6.45) is 2.34. The van der Waals surface area contributed by atoms with Gasteiger partial charge < -0.3 is 24.7 Å². The van der Waals surface area contributed by atoms with Crippen molar-refractivity contribution in [1.29, 1.82) is 0 Å². The molecule has 2 N–H and O–H groups in total. The number of thiocarbonyl (C=S) groups is 1. The van der Waals surface area contributed by atoms with Crippen molar-refractivity contribution >= 4 is 39.6 Å². The van der Waals surface area contributed by atoms with Gasteiger partial charge in [-0.25, -0.2) is 0 Å². The number of nitrogens with zero attached hydrogens (tertiary/aromatic N) is 1. The van der Waals surface area contributed by atoms with Gasteiger partial charge in [0.05, 0.1) is 26.3 Å². The van der Waals surface area contributed by atoms with E-state index in [0.717, 1.165) is 36.1 Å². The predicted molar refractivity (Wildman–Crippen MR) is 124 cm³/mol. The highest BCUT2D eigenvalue weighted by molar-refractivity contribution is 7.80. The Kier molecular flexibility index (Phi) is 6.66. The van der Waals surface area contributed by atoms with E-state index in [4.69, 9.17) is 21.7 Å². The molecular weight excluding hydrogens is 418 g/mol. The Morgan fingerprint density at radius 1 is 1.37 bits per heavy atom. The summed E-state index contributed by atoms with van der Waals surface area (Å²) in [5, 5.41) is 6.94. The van der Waals surface area contributed by atoms with Crippen molar-refractivity contribution < 1.29 is 9.47 Å². The van der Waals surface area contributed by atoms with Crippen LogP contribution in [0.3, 0.4) is 0 Å². The molecule has 0 amide bonds. The minimum absolute atomic E-state index is 0.106. The van der Waals surface area contributed by atoms with Gasteiger partial charge in [0.25, 0.3) is 5.56 Å². The summed E-state index contributed by atoms with van der Waals surface area (Å²) in [6, 6.07) is 11.6. The average molecular weight is 444 g/mol. The fourth-order valence-electron chi connectivity index (χ4n) is 3.59. The number of methoxy groups -OCH3 is 1. The lowest BCUT2D eigenvalue weighted by atomic mass is 10.1. The number of hydrogen-bond donors (Lipinski definition) is 2. The van der Waals surface area contributed by atoms with Crippen LogP contribution in [0.4, 0.5) is 0 Å². The molecule has 4 rings (SSSR count). The molecule has 3 aromatic rings. The van der Waals surface area contributed by atoms with E-state index in [-0.39, 0.29) is 11.7 Å². The molecule has 0 spiro atoms. The average Bonchev–Trinajstić information content (AvgIpc) is 3.46. The summed E-state index contributed by atoms with van der Waals surface area (Å²) >= 11 is 7.37. The molecule has 1 atom stereocenters. The number of H-pyrrole nitrogens is 1. The Morgan fingerprint density at radius 2 is 2.27 bits per heavy atom. The molecule has 1 fully saturated rings. The Morgan fingerprint density at radius 3 is 3.00 bits per heavy atom. The van der Waals surface area contributed by atoms with Crippen LogP contribution >= 0.6 is 23.6 Å². The quantitative estimate of drug-likeness (QED) is 0.544. The fraction of sp³-hybridized carbons (Fsp3) is 0.364. The van der Waals surface area contributed by atoms with Crippen LogP contribution in [0.5, 0.6) is 5.75 Å². The zero-order valence-corrected chi connectivity index (χ0v) is 18.5.